The van der Waals surface area contributed by atoms with Crippen molar-refractivity contribution >= 4 is 17.8 Å². The van der Waals surface area contributed by atoms with Crippen LogP contribution in [0.1, 0.15) is 43.7 Å². The number of amides is 4. The number of rotatable bonds is 4. The van der Waals surface area contributed by atoms with Gasteiger partial charge in [-0.1, -0.05) is 24.3 Å². The van der Waals surface area contributed by atoms with Crippen molar-refractivity contribution in [1.29, 1.82) is 5.26 Å². The Morgan fingerprint density at radius 1 is 1.41 bits per heavy atom. The van der Waals surface area contributed by atoms with Gasteiger partial charge in [0.25, 0.3) is 5.91 Å². The van der Waals surface area contributed by atoms with E-state index in [0.29, 0.717) is 6.42 Å². The van der Waals surface area contributed by atoms with Gasteiger partial charge in [0, 0.05) is 0 Å². The van der Waals surface area contributed by atoms with Crippen LogP contribution in [-0.4, -0.2) is 34.8 Å². The van der Waals surface area contributed by atoms with E-state index < -0.39 is 23.0 Å². The number of imide groups is 1. The molecule has 2 N–H and O–H groups in total. The Balaban J connectivity index is 1.54. The first-order chi connectivity index (χ1) is 12.9. The third kappa shape index (κ3) is 2.76. The van der Waals surface area contributed by atoms with E-state index in [1.54, 1.807) is 6.92 Å². The predicted molar refractivity (Wildman–Crippen MR) is 96.2 cm³/mol. The molecule has 1 heterocycles. The lowest BCUT2D eigenvalue weighted by Crippen LogP contribution is -2.51. The highest BCUT2D eigenvalue weighted by Crippen LogP contribution is 2.40. The zero-order valence-electron chi connectivity index (χ0n) is 15.2. The maximum atomic E-state index is 13.2. The molecule has 4 amide bonds. The molecule has 0 unspecified atom stereocenters. The Morgan fingerprint density at radius 3 is 2.85 bits per heavy atom. The van der Waals surface area contributed by atoms with Crippen molar-refractivity contribution in [2.24, 2.45) is 5.92 Å². The minimum absolute atomic E-state index is 0.131. The SMILES string of the molecule is C[C@@](C#N)(NC(=O)CN1C(=O)N[C@]2(CCCc3ccccc32)C1=O)C1CC1. The van der Waals surface area contributed by atoms with Gasteiger partial charge in [0.05, 0.1) is 6.07 Å². The van der Waals surface area contributed by atoms with Crippen LogP contribution in [0.4, 0.5) is 4.79 Å². The van der Waals surface area contributed by atoms with E-state index >= 15 is 0 Å². The van der Waals surface area contributed by atoms with E-state index in [4.69, 9.17) is 0 Å². The average molecular weight is 366 g/mol. The number of hydrogen-bond donors (Lipinski definition) is 2. The highest BCUT2D eigenvalue weighted by atomic mass is 16.2. The molecule has 7 heteroatoms. The van der Waals surface area contributed by atoms with Crippen molar-refractivity contribution in [3.05, 3.63) is 35.4 Å². The Hall–Kier alpha value is -2.88. The van der Waals surface area contributed by atoms with Crippen molar-refractivity contribution in [1.82, 2.24) is 15.5 Å². The van der Waals surface area contributed by atoms with Crippen LogP contribution < -0.4 is 10.6 Å². The van der Waals surface area contributed by atoms with Crippen LogP contribution in [0.25, 0.3) is 0 Å². The van der Waals surface area contributed by atoms with Crippen molar-refractivity contribution < 1.29 is 14.4 Å². The van der Waals surface area contributed by atoms with Crippen molar-refractivity contribution in [3.63, 3.8) is 0 Å². The standard InChI is InChI=1S/C20H22N4O3/c1-19(12-21,14-8-9-14)22-16(25)11-24-17(26)20(23-18(24)27)10-4-6-13-5-2-3-7-15(13)20/h2-3,5,7,14H,4,6,8-11H2,1H3,(H,22,25)(H,23,27)/t19-,20-/m0/s1. The molecule has 2 aliphatic carbocycles. The lowest BCUT2D eigenvalue weighted by molar-refractivity contribution is -0.136. The molecule has 0 aromatic heterocycles. The minimum Gasteiger partial charge on any atom is -0.336 e. The fourth-order valence-corrected chi connectivity index (χ4v) is 4.31. The van der Waals surface area contributed by atoms with Gasteiger partial charge >= 0.3 is 6.03 Å². The molecular formula is C20H22N4O3. The summed E-state index contributed by atoms with van der Waals surface area (Å²) in [6.07, 6.45) is 3.96. The van der Waals surface area contributed by atoms with E-state index in [1.807, 2.05) is 24.3 Å². The van der Waals surface area contributed by atoms with Crippen LogP contribution >= 0.6 is 0 Å². The number of benzene rings is 1. The molecule has 1 aliphatic heterocycles. The molecule has 1 saturated heterocycles. The molecule has 1 saturated carbocycles. The van der Waals surface area contributed by atoms with Gasteiger partial charge in [0.2, 0.25) is 5.91 Å². The van der Waals surface area contributed by atoms with E-state index in [2.05, 4.69) is 16.7 Å². The summed E-state index contributed by atoms with van der Waals surface area (Å²) in [5.74, 6) is -0.749. The Labute approximate surface area is 157 Å². The second-order valence-corrected chi connectivity index (χ2v) is 7.87. The topological polar surface area (TPSA) is 102 Å². The summed E-state index contributed by atoms with van der Waals surface area (Å²) in [6, 6.07) is 9.21. The molecule has 2 fully saturated rings. The smallest absolute Gasteiger partial charge is 0.325 e. The molecule has 0 radical (unpaired) electrons. The molecule has 3 aliphatic rings. The number of hydrogen-bond acceptors (Lipinski definition) is 4. The van der Waals surface area contributed by atoms with Gasteiger partial charge in [-0.25, -0.2) is 4.79 Å². The Bertz CT molecular complexity index is 872. The second kappa shape index (κ2) is 6.08. The van der Waals surface area contributed by atoms with Crippen LogP contribution in [0.15, 0.2) is 24.3 Å². The number of carbonyl (C=O) groups is 3. The molecule has 27 heavy (non-hydrogen) atoms. The van der Waals surface area contributed by atoms with E-state index in [1.165, 1.54) is 0 Å². The van der Waals surface area contributed by atoms with E-state index in [-0.39, 0.29) is 18.4 Å². The monoisotopic (exact) mass is 366 g/mol. The molecule has 4 rings (SSSR count). The number of urea groups is 1. The number of nitrogens with one attached hydrogen (secondary N) is 2. The molecule has 1 aromatic carbocycles. The third-order valence-electron chi connectivity index (χ3n) is 5.98. The lowest BCUT2D eigenvalue weighted by atomic mass is 9.76. The number of fused-ring (bicyclic) bond motifs is 2. The highest BCUT2D eigenvalue weighted by Gasteiger charge is 2.54. The molecule has 0 bridgehead atoms. The molecule has 1 aromatic rings. The zero-order chi connectivity index (χ0) is 19.2. The van der Waals surface area contributed by atoms with Crippen LogP contribution in [0.3, 0.4) is 0 Å². The predicted octanol–water partition coefficient (Wildman–Crippen LogP) is 1.58. The normalized spacial score (nSPS) is 26.1. The Morgan fingerprint density at radius 2 is 2.15 bits per heavy atom. The van der Waals surface area contributed by atoms with Crippen LogP contribution in [0.2, 0.25) is 0 Å². The maximum Gasteiger partial charge on any atom is 0.325 e. The number of carbonyl (C=O) groups excluding carboxylic acids is 3. The number of aryl methyl sites for hydroxylation is 1. The van der Waals surface area contributed by atoms with Crippen LogP contribution in [0.5, 0.6) is 0 Å². The minimum atomic E-state index is -1.08. The fraction of sp³-hybridized carbons (Fsp3) is 0.500. The summed E-state index contributed by atoms with van der Waals surface area (Å²) >= 11 is 0. The summed E-state index contributed by atoms with van der Waals surface area (Å²) in [6.45, 7) is 1.31. The largest absolute Gasteiger partial charge is 0.336 e. The van der Waals surface area contributed by atoms with Gasteiger partial charge in [-0.3, -0.25) is 14.5 Å². The molecular weight excluding hydrogens is 344 g/mol. The van der Waals surface area contributed by atoms with Crippen LogP contribution in [0, 0.1) is 17.2 Å². The second-order valence-electron chi connectivity index (χ2n) is 7.87. The van der Waals surface area contributed by atoms with Gasteiger partial charge in [-0.15, -0.1) is 0 Å². The van der Waals surface area contributed by atoms with Gasteiger partial charge < -0.3 is 10.6 Å². The summed E-state index contributed by atoms with van der Waals surface area (Å²) in [7, 11) is 0. The molecule has 140 valence electrons. The zero-order valence-corrected chi connectivity index (χ0v) is 15.2. The van der Waals surface area contributed by atoms with Gasteiger partial charge in [-0.05, 0) is 56.1 Å². The van der Waals surface area contributed by atoms with Crippen molar-refractivity contribution in [2.75, 3.05) is 6.54 Å². The first-order valence-electron chi connectivity index (χ1n) is 9.34. The van der Waals surface area contributed by atoms with E-state index in [0.717, 1.165) is 41.7 Å². The fourth-order valence-electron chi connectivity index (χ4n) is 4.31. The third-order valence-corrected chi connectivity index (χ3v) is 5.98. The highest BCUT2D eigenvalue weighted by molar-refractivity contribution is 6.09. The first-order valence-corrected chi connectivity index (χ1v) is 9.34. The van der Waals surface area contributed by atoms with Crippen molar-refractivity contribution in [2.45, 2.75) is 50.1 Å². The summed E-state index contributed by atoms with van der Waals surface area (Å²) in [5.41, 5.74) is -0.168. The van der Waals surface area contributed by atoms with E-state index in [9.17, 15) is 19.6 Å². The number of nitriles is 1. The molecule has 7 nitrogen and oxygen atoms in total. The molecule has 1 spiro atoms. The first kappa shape index (κ1) is 17.5. The Kier molecular flexibility index (Phi) is 3.95. The van der Waals surface area contributed by atoms with Gasteiger partial charge in [-0.2, -0.15) is 5.26 Å². The molecule has 2 atom stereocenters. The average Bonchev–Trinajstić information content (AvgIpc) is 3.48. The van der Waals surface area contributed by atoms with Gasteiger partial charge in [0.1, 0.15) is 17.6 Å². The van der Waals surface area contributed by atoms with Crippen LogP contribution in [-0.2, 0) is 21.5 Å². The lowest BCUT2D eigenvalue weighted by Gasteiger charge is -2.33. The quantitative estimate of drug-likeness (QED) is 0.790. The maximum absolute atomic E-state index is 13.2. The van der Waals surface area contributed by atoms with Crippen molar-refractivity contribution in [3.8, 4) is 6.07 Å². The summed E-state index contributed by atoms with van der Waals surface area (Å²) in [5, 5.41) is 14.9. The van der Waals surface area contributed by atoms with Gasteiger partial charge in [0.15, 0.2) is 0 Å². The summed E-state index contributed by atoms with van der Waals surface area (Å²) < 4.78 is 0. The number of nitrogens with zero attached hydrogens (tertiary/aromatic N) is 2. The summed E-state index contributed by atoms with van der Waals surface area (Å²) in [4.78, 5) is 39.2.